The van der Waals surface area contributed by atoms with Gasteiger partial charge in [0.15, 0.2) is 0 Å². The molecule has 3 rings (SSSR count). The van der Waals surface area contributed by atoms with Crippen molar-refractivity contribution in [2.24, 2.45) is 0 Å². The number of carbonyl (C=O) groups excluding carboxylic acids is 1. The highest BCUT2D eigenvalue weighted by atomic mass is 32.2. The van der Waals surface area contributed by atoms with Gasteiger partial charge in [0, 0.05) is 34.9 Å². The van der Waals surface area contributed by atoms with E-state index in [4.69, 9.17) is 0 Å². The van der Waals surface area contributed by atoms with E-state index in [1.807, 2.05) is 17.8 Å². The molecule has 1 saturated heterocycles. The molecule has 0 radical (unpaired) electrons. The molecule has 2 heterocycles. The average Bonchev–Trinajstić information content (AvgIpc) is 3.16. The first-order chi connectivity index (χ1) is 11.1. The quantitative estimate of drug-likeness (QED) is 0.855. The van der Waals surface area contributed by atoms with Crippen LogP contribution in [0.2, 0.25) is 0 Å². The van der Waals surface area contributed by atoms with Crippen LogP contribution in [0.1, 0.15) is 17.7 Å². The smallest absolute Gasteiger partial charge is 0.234 e. The van der Waals surface area contributed by atoms with E-state index in [0.29, 0.717) is 19.1 Å². The van der Waals surface area contributed by atoms with E-state index in [1.54, 1.807) is 0 Å². The molecule has 1 amide bonds. The number of aryl methyl sites for hydroxylation is 1. The van der Waals surface area contributed by atoms with Gasteiger partial charge in [-0.1, -0.05) is 18.2 Å². The summed E-state index contributed by atoms with van der Waals surface area (Å²) in [6.07, 6.45) is 2.06. The molecule has 0 spiro atoms. The van der Waals surface area contributed by atoms with Gasteiger partial charge in [0.05, 0.1) is 6.54 Å². The largest absolute Gasteiger partial charge is 0.358 e. The first kappa shape index (κ1) is 16.4. The standard InChI is InChI=1S/C18H25N3OS/c1-13-15(16-5-3-4-6-17(16)20-13)7-9-19-18(22)11-21(2)14-8-10-23-12-14/h3-6,14,20H,7-12H2,1-2H3,(H,19,22). The Kier molecular flexibility index (Phi) is 5.28. The molecular weight excluding hydrogens is 306 g/mol. The van der Waals surface area contributed by atoms with Crippen LogP contribution in [0, 0.1) is 6.92 Å². The topological polar surface area (TPSA) is 48.1 Å². The number of aromatic amines is 1. The van der Waals surface area contributed by atoms with E-state index in [2.05, 4.69) is 47.4 Å². The summed E-state index contributed by atoms with van der Waals surface area (Å²) in [5.41, 5.74) is 3.67. The van der Waals surface area contributed by atoms with Crippen LogP contribution in [0.5, 0.6) is 0 Å². The number of para-hydroxylation sites is 1. The molecule has 1 unspecified atom stereocenters. The number of nitrogens with one attached hydrogen (secondary N) is 2. The van der Waals surface area contributed by atoms with Crippen LogP contribution in [0.25, 0.3) is 10.9 Å². The fraction of sp³-hybridized carbons (Fsp3) is 0.500. The van der Waals surface area contributed by atoms with Gasteiger partial charge in [-0.15, -0.1) is 0 Å². The normalized spacial score (nSPS) is 18.0. The van der Waals surface area contributed by atoms with Gasteiger partial charge in [0.25, 0.3) is 0 Å². The molecule has 1 aromatic carbocycles. The number of benzene rings is 1. The van der Waals surface area contributed by atoms with Crippen LogP contribution >= 0.6 is 11.8 Å². The lowest BCUT2D eigenvalue weighted by Gasteiger charge is -2.22. The lowest BCUT2D eigenvalue weighted by Crippen LogP contribution is -2.41. The highest BCUT2D eigenvalue weighted by Gasteiger charge is 2.21. The van der Waals surface area contributed by atoms with E-state index in [9.17, 15) is 4.79 Å². The summed E-state index contributed by atoms with van der Waals surface area (Å²) in [5, 5.41) is 4.33. The number of rotatable bonds is 6. The molecule has 1 aliphatic heterocycles. The zero-order chi connectivity index (χ0) is 16.2. The summed E-state index contributed by atoms with van der Waals surface area (Å²) in [5.74, 6) is 2.50. The van der Waals surface area contributed by atoms with Crippen molar-refractivity contribution in [1.29, 1.82) is 0 Å². The Bertz CT molecular complexity index is 676. The van der Waals surface area contributed by atoms with Gasteiger partial charge in [-0.2, -0.15) is 11.8 Å². The Morgan fingerprint density at radius 3 is 3.04 bits per heavy atom. The van der Waals surface area contributed by atoms with Crippen molar-refractivity contribution < 1.29 is 4.79 Å². The highest BCUT2D eigenvalue weighted by molar-refractivity contribution is 7.99. The van der Waals surface area contributed by atoms with Crippen LogP contribution in [0.3, 0.4) is 0 Å². The lowest BCUT2D eigenvalue weighted by molar-refractivity contribution is -0.122. The minimum Gasteiger partial charge on any atom is -0.358 e. The molecular formula is C18H25N3OS. The molecule has 1 aliphatic rings. The second kappa shape index (κ2) is 7.41. The zero-order valence-corrected chi connectivity index (χ0v) is 14.7. The Hall–Kier alpha value is -1.46. The van der Waals surface area contributed by atoms with Gasteiger partial charge < -0.3 is 10.3 Å². The van der Waals surface area contributed by atoms with E-state index in [0.717, 1.165) is 12.2 Å². The number of likely N-dealkylation sites (N-methyl/N-ethyl adjacent to an activating group) is 1. The maximum Gasteiger partial charge on any atom is 0.234 e. The second-order valence-electron chi connectivity index (χ2n) is 6.31. The molecule has 1 atom stereocenters. The molecule has 124 valence electrons. The number of amides is 1. The number of hydrogen-bond acceptors (Lipinski definition) is 3. The average molecular weight is 331 g/mol. The van der Waals surface area contributed by atoms with Gasteiger partial charge >= 0.3 is 0 Å². The third-order valence-corrected chi connectivity index (χ3v) is 5.79. The van der Waals surface area contributed by atoms with Gasteiger partial charge in [-0.3, -0.25) is 9.69 Å². The number of carbonyl (C=O) groups is 1. The zero-order valence-electron chi connectivity index (χ0n) is 13.9. The van der Waals surface area contributed by atoms with Crippen molar-refractivity contribution in [1.82, 2.24) is 15.2 Å². The van der Waals surface area contributed by atoms with E-state index >= 15 is 0 Å². The van der Waals surface area contributed by atoms with E-state index in [1.165, 1.54) is 34.3 Å². The van der Waals surface area contributed by atoms with Crippen molar-refractivity contribution >= 4 is 28.6 Å². The monoisotopic (exact) mass is 331 g/mol. The molecule has 2 N–H and O–H groups in total. The van der Waals surface area contributed by atoms with Gasteiger partial charge in [-0.25, -0.2) is 0 Å². The van der Waals surface area contributed by atoms with Crippen LogP contribution in [0.4, 0.5) is 0 Å². The highest BCUT2D eigenvalue weighted by Crippen LogP contribution is 2.22. The van der Waals surface area contributed by atoms with Crippen LogP contribution < -0.4 is 5.32 Å². The van der Waals surface area contributed by atoms with Crippen molar-refractivity contribution in [3.05, 3.63) is 35.5 Å². The lowest BCUT2D eigenvalue weighted by atomic mass is 10.1. The summed E-state index contributed by atoms with van der Waals surface area (Å²) < 4.78 is 0. The summed E-state index contributed by atoms with van der Waals surface area (Å²) in [6.45, 7) is 3.29. The molecule has 4 nitrogen and oxygen atoms in total. The van der Waals surface area contributed by atoms with Crippen molar-refractivity contribution in [3.8, 4) is 0 Å². The molecule has 0 saturated carbocycles. The van der Waals surface area contributed by atoms with E-state index in [-0.39, 0.29) is 5.91 Å². The van der Waals surface area contributed by atoms with Gasteiger partial charge in [-0.05, 0) is 44.2 Å². The first-order valence-corrected chi connectivity index (χ1v) is 9.41. The molecule has 2 aromatic rings. The Morgan fingerprint density at radius 1 is 1.43 bits per heavy atom. The maximum atomic E-state index is 12.1. The number of H-pyrrole nitrogens is 1. The van der Waals surface area contributed by atoms with E-state index < -0.39 is 0 Å². The fourth-order valence-electron chi connectivity index (χ4n) is 3.27. The van der Waals surface area contributed by atoms with Gasteiger partial charge in [0.1, 0.15) is 0 Å². The predicted molar refractivity (Wildman–Crippen MR) is 98.1 cm³/mol. The van der Waals surface area contributed by atoms with Crippen molar-refractivity contribution in [2.75, 3.05) is 31.6 Å². The van der Waals surface area contributed by atoms with Crippen molar-refractivity contribution in [3.63, 3.8) is 0 Å². The fourth-order valence-corrected chi connectivity index (χ4v) is 4.56. The summed E-state index contributed by atoms with van der Waals surface area (Å²) >= 11 is 1.98. The number of nitrogens with zero attached hydrogens (tertiary/aromatic N) is 1. The van der Waals surface area contributed by atoms with Gasteiger partial charge in [0.2, 0.25) is 5.91 Å². The van der Waals surface area contributed by atoms with Crippen LogP contribution in [-0.4, -0.2) is 53.5 Å². The molecule has 0 aliphatic carbocycles. The number of aromatic nitrogens is 1. The Morgan fingerprint density at radius 2 is 2.26 bits per heavy atom. The second-order valence-corrected chi connectivity index (χ2v) is 7.46. The third kappa shape index (κ3) is 3.90. The first-order valence-electron chi connectivity index (χ1n) is 8.26. The molecule has 5 heteroatoms. The summed E-state index contributed by atoms with van der Waals surface area (Å²) in [6, 6.07) is 8.90. The SMILES string of the molecule is Cc1[nH]c2ccccc2c1CCNC(=O)CN(C)C1CCSC1. The van der Waals surface area contributed by atoms with Crippen molar-refractivity contribution in [2.45, 2.75) is 25.8 Å². The van der Waals surface area contributed by atoms with Crippen LogP contribution in [0.15, 0.2) is 24.3 Å². The number of hydrogen-bond donors (Lipinski definition) is 2. The molecule has 1 aromatic heterocycles. The third-order valence-electron chi connectivity index (χ3n) is 4.65. The molecule has 23 heavy (non-hydrogen) atoms. The molecule has 0 bridgehead atoms. The molecule has 1 fully saturated rings. The maximum absolute atomic E-state index is 12.1. The van der Waals surface area contributed by atoms with Crippen LogP contribution in [-0.2, 0) is 11.2 Å². The Balaban J connectivity index is 1.50. The summed E-state index contributed by atoms with van der Waals surface area (Å²) in [7, 11) is 2.06. The predicted octanol–water partition coefficient (Wildman–Crippen LogP) is 2.57. The number of fused-ring (bicyclic) bond motifs is 1. The Labute approximate surface area is 142 Å². The number of thioether (sulfide) groups is 1. The minimum absolute atomic E-state index is 0.127. The minimum atomic E-state index is 0.127. The summed E-state index contributed by atoms with van der Waals surface area (Å²) in [4.78, 5) is 17.7.